The number of nitrogens with zero attached hydrogens (tertiary/aromatic N) is 4. The Balaban J connectivity index is 2.14. The highest BCUT2D eigenvalue weighted by Gasteiger charge is 2.15. The Labute approximate surface area is 139 Å². The molecule has 0 atom stereocenters. The lowest BCUT2D eigenvalue weighted by molar-refractivity contribution is -0.141. The molecular weight excluding hydrogens is 336 g/mol. The van der Waals surface area contributed by atoms with Crippen LogP contribution in [0.2, 0.25) is 0 Å². The van der Waals surface area contributed by atoms with Gasteiger partial charge in [-0.15, -0.1) is 5.10 Å². The zero-order valence-corrected chi connectivity index (χ0v) is 14.0. The van der Waals surface area contributed by atoms with E-state index in [4.69, 9.17) is 4.74 Å². The fraction of sp³-hybridized carbons (Fsp3) is 0.214. The molecule has 9 heteroatoms. The maximum absolute atomic E-state index is 12.3. The number of carbonyl (C=O) groups excluding carboxylic acids is 2. The average Bonchev–Trinajstić information content (AvgIpc) is 3.11. The third-order valence-corrected chi connectivity index (χ3v) is 5.02. The Hall–Kier alpha value is -2.39. The lowest BCUT2D eigenvalue weighted by Gasteiger charge is -2.03. The summed E-state index contributed by atoms with van der Waals surface area (Å²) in [5.41, 5.74) is 1.37. The Bertz CT molecular complexity index is 954. The van der Waals surface area contributed by atoms with E-state index < -0.39 is 11.9 Å². The monoisotopic (exact) mass is 348 g/mol. The third-order valence-electron chi connectivity index (χ3n) is 3.15. The average molecular weight is 348 g/mol. The number of aromatic nitrogens is 3. The van der Waals surface area contributed by atoms with E-state index in [-0.39, 0.29) is 6.54 Å². The Morgan fingerprint density at radius 3 is 2.83 bits per heavy atom. The number of carbonyl (C=O) groups is 2. The van der Waals surface area contributed by atoms with Crippen molar-refractivity contribution in [1.29, 1.82) is 0 Å². The van der Waals surface area contributed by atoms with Gasteiger partial charge in [-0.05, 0) is 30.6 Å². The van der Waals surface area contributed by atoms with Crippen molar-refractivity contribution in [2.45, 2.75) is 13.5 Å². The first-order valence-corrected chi connectivity index (χ1v) is 8.22. The highest BCUT2D eigenvalue weighted by atomic mass is 32.1. The van der Waals surface area contributed by atoms with Crippen LogP contribution < -0.4 is 4.80 Å². The molecule has 0 N–H and O–H groups in total. The number of para-hydroxylation sites is 1. The molecule has 0 radical (unpaired) electrons. The molecule has 0 saturated heterocycles. The van der Waals surface area contributed by atoms with Gasteiger partial charge in [0.2, 0.25) is 0 Å². The highest BCUT2D eigenvalue weighted by Crippen LogP contribution is 2.17. The second-order valence-corrected chi connectivity index (χ2v) is 6.38. The van der Waals surface area contributed by atoms with Gasteiger partial charge in [0, 0.05) is 0 Å². The number of methoxy groups -OCH3 is 1. The van der Waals surface area contributed by atoms with Gasteiger partial charge >= 0.3 is 5.97 Å². The van der Waals surface area contributed by atoms with Gasteiger partial charge in [-0.2, -0.15) is 4.99 Å². The number of rotatable bonds is 3. The first-order valence-electron chi connectivity index (χ1n) is 6.63. The smallest absolute Gasteiger partial charge is 0.325 e. The molecular formula is C14H12N4O3S2. The Morgan fingerprint density at radius 2 is 2.13 bits per heavy atom. The minimum absolute atomic E-state index is 0.00739. The van der Waals surface area contributed by atoms with E-state index in [0.29, 0.717) is 15.4 Å². The SMILES string of the molecule is COC(=O)Cn1c(=NC(=O)c2snnc2C)sc2ccccc21. The number of esters is 1. The van der Waals surface area contributed by atoms with Gasteiger partial charge in [0.25, 0.3) is 5.91 Å². The maximum atomic E-state index is 12.3. The number of fused-ring (bicyclic) bond motifs is 1. The number of hydrogen-bond acceptors (Lipinski definition) is 7. The minimum atomic E-state index is -0.414. The molecule has 118 valence electrons. The molecule has 1 aromatic carbocycles. The van der Waals surface area contributed by atoms with E-state index in [2.05, 4.69) is 14.6 Å². The van der Waals surface area contributed by atoms with E-state index in [1.165, 1.54) is 18.4 Å². The van der Waals surface area contributed by atoms with E-state index >= 15 is 0 Å². The van der Waals surface area contributed by atoms with Crippen molar-refractivity contribution >= 4 is 45.0 Å². The molecule has 0 fully saturated rings. The molecule has 0 saturated carbocycles. The van der Waals surface area contributed by atoms with Gasteiger partial charge in [0.15, 0.2) is 4.80 Å². The van der Waals surface area contributed by atoms with Crippen molar-refractivity contribution in [3.05, 3.63) is 39.6 Å². The standard InChI is InChI=1S/C14H12N4O3S2/c1-8-12(23-17-16-8)13(20)15-14-18(7-11(19)21-2)9-5-3-4-6-10(9)22-14/h3-6H,7H2,1-2H3. The molecule has 0 aliphatic carbocycles. The molecule has 0 bridgehead atoms. The van der Waals surface area contributed by atoms with Crippen LogP contribution in [0, 0.1) is 6.92 Å². The third kappa shape index (κ3) is 3.06. The minimum Gasteiger partial charge on any atom is -0.468 e. The second kappa shape index (κ2) is 6.39. The van der Waals surface area contributed by atoms with E-state index in [9.17, 15) is 9.59 Å². The maximum Gasteiger partial charge on any atom is 0.325 e. The normalized spacial score (nSPS) is 11.8. The number of amides is 1. The van der Waals surface area contributed by atoms with Crippen LogP contribution >= 0.6 is 22.9 Å². The molecule has 0 spiro atoms. The molecule has 3 aromatic rings. The molecule has 1 amide bonds. The molecule has 0 aliphatic heterocycles. The molecule has 23 heavy (non-hydrogen) atoms. The van der Waals surface area contributed by atoms with Crippen LogP contribution in [-0.2, 0) is 16.1 Å². The summed E-state index contributed by atoms with van der Waals surface area (Å²) < 4.78 is 11.1. The largest absolute Gasteiger partial charge is 0.468 e. The predicted molar refractivity (Wildman–Crippen MR) is 86.4 cm³/mol. The summed E-state index contributed by atoms with van der Waals surface area (Å²) in [6.07, 6.45) is 0. The quantitative estimate of drug-likeness (QED) is 0.673. The van der Waals surface area contributed by atoms with E-state index in [1.54, 1.807) is 11.5 Å². The van der Waals surface area contributed by atoms with Gasteiger partial charge in [-0.1, -0.05) is 28.0 Å². The molecule has 3 rings (SSSR count). The topological polar surface area (TPSA) is 86.4 Å². The number of ether oxygens (including phenoxy) is 1. The Morgan fingerprint density at radius 1 is 1.35 bits per heavy atom. The summed E-state index contributed by atoms with van der Waals surface area (Å²) >= 11 is 2.35. The van der Waals surface area contributed by atoms with Crippen molar-refractivity contribution in [3.63, 3.8) is 0 Å². The number of thiazole rings is 1. The summed E-state index contributed by atoms with van der Waals surface area (Å²) in [5.74, 6) is -0.819. The van der Waals surface area contributed by atoms with Crippen molar-refractivity contribution < 1.29 is 14.3 Å². The van der Waals surface area contributed by atoms with Crippen LogP contribution in [0.4, 0.5) is 0 Å². The van der Waals surface area contributed by atoms with Crippen LogP contribution in [0.1, 0.15) is 15.4 Å². The van der Waals surface area contributed by atoms with Gasteiger partial charge in [0.1, 0.15) is 11.4 Å². The van der Waals surface area contributed by atoms with Crippen LogP contribution in [0.15, 0.2) is 29.3 Å². The fourth-order valence-electron chi connectivity index (χ4n) is 2.02. The zero-order chi connectivity index (χ0) is 16.4. The molecule has 0 unspecified atom stereocenters. The number of hydrogen-bond donors (Lipinski definition) is 0. The predicted octanol–water partition coefficient (Wildman–Crippen LogP) is 1.78. The summed E-state index contributed by atoms with van der Waals surface area (Å²) in [4.78, 5) is 29.0. The van der Waals surface area contributed by atoms with Gasteiger partial charge in [0.05, 0.1) is 23.0 Å². The molecule has 7 nitrogen and oxygen atoms in total. The Kier molecular flexibility index (Phi) is 4.30. The fourth-order valence-corrected chi connectivity index (χ4v) is 3.59. The van der Waals surface area contributed by atoms with Gasteiger partial charge < -0.3 is 9.30 Å². The first kappa shape index (κ1) is 15.5. The van der Waals surface area contributed by atoms with Crippen molar-refractivity contribution in [1.82, 2.24) is 14.2 Å². The van der Waals surface area contributed by atoms with Crippen LogP contribution in [0.5, 0.6) is 0 Å². The van der Waals surface area contributed by atoms with Crippen LogP contribution in [0.3, 0.4) is 0 Å². The lowest BCUT2D eigenvalue weighted by atomic mass is 10.3. The number of aryl methyl sites for hydroxylation is 1. The summed E-state index contributed by atoms with van der Waals surface area (Å²) in [5, 5.41) is 3.82. The summed E-state index contributed by atoms with van der Waals surface area (Å²) in [7, 11) is 1.33. The second-order valence-electron chi connectivity index (χ2n) is 4.62. The van der Waals surface area contributed by atoms with E-state index in [1.807, 2.05) is 24.3 Å². The van der Waals surface area contributed by atoms with Crippen molar-refractivity contribution in [2.24, 2.45) is 4.99 Å². The first-order chi connectivity index (χ1) is 11.1. The van der Waals surface area contributed by atoms with Crippen molar-refractivity contribution in [2.75, 3.05) is 7.11 Å². The van der Waals surface area contributed by atoms with Gasteiger partial charge in [-0.25, -0.2) is 0 Å². The van der Waals surface area contributed by atoms with Crippen LogP contribution in [-0.4, -0.2) is 33.1 Å². The summed E-state index contributed by atoms with van der Waals surface area (Å²) in [6, 6.07) is 7.55. The highest BCUT2D eigenvalue weighted by molar-refractivity contribution is 7.16. The molecule has 0 aliphatic rings. The number of benzene rings is 1. The zero-order valence-electron chi connectivity index (χ0n) is 12.3. The molecule has 2 aromatic heterocycles. The van der Waals surface area contributed by atoms with Crippen LogP contribution in [0.25, 0.3) is 10.2 Å². The summed E-state index contributed by atoms with van der Waals surface area (Å²) in [6.45, 7) is 1.70. The molecule has 2 heterocycles. The lowest BCUT2D eigenvalue weighted by Crippen LogP contribution is -2.22. The van der Waals surface area contributed by atoms with E-state index in [0.717, 1.165) is 21.7 Å². The van der Waals surface area contributed by atoms with Crippen molar-refractivity contribution in [3.8, 4) is 0 Å². The van der Waals surface area contributed by atoms with Gasteiger partial charge in [-0.3, -0.25) is 9.59 Å².